The van der Waals surface area contributed by atoms with E-state index >= 15 is 0 Å². The maximum atomic E-state index is 13.7. The summed E-state index contributed by atoms with van der Waals surface area (Å²) in [6, 6.07) is 13.7. The van der Waals surface area contributed by atoms with E-state index in [2.05, 4.69) is 9.99 Å². The minimum atomic E-state index is -0.494. The molecule has 4 nitrogen and oxygen atoms in total. The number of benzene rings is 2. The van der Waals surface area contributed by atoms with Crippen molar-refractivity contribution in [1.82, 2.24) is 0 Å². The van der Waals surface area contributed by atoms with Gasteiger partial charge in [0.1, 0.15) is 18.2 Å². The normalized spacial score (nSPS) is 15.5. The zero-order valence-corrected chi connectivity index (χ0v) is 12.5. The third kappa shape index (κ3) is 3.29. The van der Waals surface area contributed by atoms with Crippen molar-refractivity contribution in [3.63, 3.8) is 0 Å². The molecule has 0 radical (unpaired) electrons. The van der Waals surface area contributed by atoms with Gasteiger partial charge in [-0.25, -0.2) is 9.18 Å². The first-order valence-electron chi connectivity index (χ1n) is 7.08. The number of carbonyl (C=O) groups excluding carboxylic acids is 1. The van der Waals surface area contributed by atoms with E-state index in [4.69, 9.17) is 4.74 Å². The lowest BCUT2D eigenvalue weighted by Gasteiger charge is -2.10. The highest BCUT2D eigenvalue weighted by Crippen LogP contribution is 2.24. The van der Waals surface area contributed by atoms with Crippen molar-refractivity contribution < 1.29 is 18.8 Å². The van der Waals surface area contributed by atoms with Crippen molar-refractivity contribution in [2.45, 2.75) is 13.5 Å². The monoisotopic (exact) mass is 311 g/mol. The van der Waals surface area contributed by atoms with Gasteiger partial charge in [0.25, 0.3) is 0 Å². The van der Waals surface area contributed by atoms with E-state index in [-0.39, 0.29) is 12.4 Å². The summed E-state index contributed by atoms with van der Waals surface area (Å²) in [4.78, 5) is 16.3. The summed E-state index contributed by atoms with van der Waals surface area (Å²) < 4.78 is 19.4. The van der Waals surface area contributed by atoms with Crippen LogP contribution >= 0.6 is 0 Å². The van der Waals surface area contributed by atoms with Crippen LogP contribution in [0.5, 0.6) is 5.75 Å². The van der Waals surface area contributed by atoms with Crippen molar-refractivity contribution in [1.29, 1.82) is 0 Å². The molecular weight excluding hydrogens is 297 g/mol. The number of hydrogen-bond acceptors (Lipinski definition) is 4. The van der Waals surface area contributed by atoms with Crippen molar-refractivity contribution in [3.05, 3.63) is 71.0 Å². The summed E-state index contributed by atoms with van der Waals surface area (Å²) >= 11 is 0. The third-order valence-corrected chi connectivity index (χ3v) is 3.44. The van der Waals surface area contributed by atoms with Gasteiger partial charge in [-0.15, -0.1) is 0 Å². The van der Waals surface area contributed by atoms with Crippen LogP contribution in [-0.4, -0.2) is 11.7 Å². The van der Waals surface area contributed by atoms with Gasteiger partial charge in [-0.3, -0.25) is 0 Å². The van der Waals surface area contributed by atoms with E-state index in [0.717, 1.165) is 0 Å². The maximum Gasteiger partial charge on any atom is 0.367 e. The Morgan fingerprint density at radius 1 is 1.17 bits per heavy atom. The lowest BCUT2D eigenvalue weighted by molar-refractivity contribution is -0.136. The Labute approximate surface area is 132 Å². The van der Waals surface area contributed by atoms with Crippen LogP contribution in [0.2, 0.25) is 0 Å². The molecule has 0 N–H and O–H groups in total. The molecule has 5 heteroatoms. The van der Waals surface area contributed by atoms with Crippen LogP contribution in [0.15, 0.2) is 59.3 Å². The highest BCUT2D eigenvalue weighted by molar-refractivity contribution is 6.24. The number of nitrogens with zero attached hydrogens (tertiary/aromatic N) is 1. The maximum absolute atomic E-state index is 13.7. The van der Waals surface area contributed by atoms with Gasteiger partial charge in [-0.1, -0.05) is 41.6 Å². The zero-order valence-electron chi connectivity index (χ0n) is 12.5. The van der Waals surface area contributed by atoms with Crippen molar-refractivity contribution in [3.8, 4) is 5.75 Å². The average Bonchev–Trinajstić information content (AvgIpc) is 2.87. The molecule has 0 saturated heterocycles. The largest absolute Gasteiger partial charge is 0.488 e. The third-order valence-electron chi connectivity index (χ3n) is 3.44. The molecule has 0 amide bonds. The second-order valence-electron chi connectivity index (χ2n) is 5.03. The molecule has 23 heavy (non-hydrogen) atoms. The lowest BCUT2D eigenvalue weighted by atomic mass is 10.1. The van der Waals surface area contributed by atoms with Crippen molar-refractivity contribution in [2.75, 3.05) is 0 Å². The molecule has 0 aromatic heterocycles. The fourth-order valence-electron chi connectivity index (χ4n) is 2.18. The number of carbonyl (C=O) groups is 1. The summed E-state index contributed by atoms with van der Waals surface area (Å²) in [5.41, 5.74) is 2.06. The molecule has 1 aliphatic rings. The molecule has 0 saturated carbocycles. The Hall–Kier alpha value is -2.95. The highest BCUT2D eigenvalue weighted by Gasteiger charge is 2.22. The van der Waals surface area contributed by atoms with Crippen LogP contribution in [0.1, 0.15) is 18.1 Å². The molecular formula is C18H14FNO3. The predicted octanol–water partition coefficient (Wildman–Crippen LogP) is 3.72. The molecule has 2 aromatic rings. The number of hydrogen-bond donors (Lipinski definition) is 0. The standard InChI is InChI=1S/C18H14FNO3/c1-12-15(18(21)23-20-12)10-13-6-3-5-9-17(13)22-11-14-7-2-4-8-16(14)19/h2-10H,11H2,1H3. The topological polar surface area (TPSA) is 47.9 Å². The van der Waals surface area contributed by atoms with Gasteiger partial charge in [0.05, 0.1) is 11.3 Å². The predicted molar refractivity (Wildman–Crippen MR) is 84.4 cm³/mol. The van der Waals surface area contributed by atoms with E-state index in [1.807, 2.05) is 18.2 Å². The quantitative estimate of drug-likeness (QED) is 0.638. The van der Waals surface area contributed by atoms with Gasteiger partial charge in [0, 0.05) is 11.1 Å². The Kier molecular flexibility index (Phi) is 4.19. The van der Waals surface area contributed by atoms with Crippen LogP contribution in [0.3, 0.4) is 0 Å². The van der Waals surface area contributed by atoms with Gasteiger partial charge >= 0.3 is 5.97 Å². The van der Waals surface area contributed by atoms with Crippen LogP contribution < -0.4 is 4.74 Å². The first-order chi connectivity index (χ1) is 11.1. The number of ether oxygens (including phenoxy) is 1. The smallest absolute Gasteiger partial charge is 0.367 e. The van der Waals surface area contributed by atoms with Crippen molar-refractivity contribution in [2.24, 2.45) is 5.16 Å². The molecule has 2 aromatic carbocycles. The van der Waals surface area contributed by atoms with Gasteiger partial charge in [-0.05, 0) is 25.1 Å². The molecule has 0 bridgehead atoms. The van der Waals surface area contributed by atoms with E-state index in [0.29, 0.717) is 28.2 Å². The molecule has 3 rings (SSSR count). The average molecular weight is 311 g/mol. The molecule has 0 spiro atoms. The molecule has 116 valence electrons. The summed E-state index contributed by atoms with van der Waals surface area (Å²) in [6.07, 6.45) is 1.66. The van der Waals surface area contributed by atoms with Crippen LogP contribution in [-0.2, 0) is 16.2 Å². The van der Waals surface area contributed by atoms with E-state index in [1.165, 1.54) is 6.07 Å². The van der Waals surface area contributed by atoms with E-state index in [1.54, 1.807) is 37.3 Å². The molecule has 0 unspecified atom stereocenters. The minimum Gasteiger partial charge on any atom is -0.488 e. The first-order valence-corrected chi connectivity index (χ1v) is 7.08. The second kappa shape index (κ2) is 6.44. The van der Waals surface area contributed by atoms with E-state index in [9.17, 15) is 9.18 Å². The fraction of sp³-hybridized carbons (Fsp3) is 0.111. The Morgan fingerprint density at radius 2 is 1.91 bits per heavy atom. The van der Waals surface area contributed by atoms with Crippen LogP contribution in [0.25, 0.3) is 6.08 Å². The van der Waals surface area contributed by atoms with Crippen LogP contribution in [0.4, 0.5) is 4.39 Å². The summed E-state index contributed by atoms with van der Waals surface area (Å²) in [7, 11) is 0. The molecule has 0 aliphatic carbocycles. The fourth-order valence-corrected chi connectivity index (χ4v) is 2.18. The van der Waals surface area contributed by atoms with Gasteiger partial charge in [0.2, 0.25) is 0 Å². The van der Waals surface area contributed by atoms with Crippen LogP contribution in [0, 0.1) is 5.82 Å². The Morgan fingerprint density at radius 3 is 2.65 bits per heavy atom. The van der Waals surface area contributed by atoms with Crippen molar-refractivity contribution >= 4 is 17.8 Å². The number of oxime groups is 1. The molecule has 0 atom stereocenters. The SMILES string of the molecule is CC1=NOC(=O)C1=Cc1ccccc1OCc1ccccc1F. The van der Waals surface area contributed by atoms with Gasteiger partial charge < -0.3 is 9.57 Å². The number of para-hydroxylation sites is 1. The zero-order chi connectivity index (χ0) is 16.2. The number of halogens is 1. The minimum absolute atomic E-state index is 0.102. The Balaban J connectivity index is 1.84. The Bertz CT molecular complexity index is 811. The first kappa shape index (κ1) is 15.0. The lowest BCUT2D eigenvalue weighted by Crippen LogP contribution is -2.03. The highest BCUT2D eigenvalue weighted by atomic mass is 19.1. The summed E-state index contributed by atoms with van der Waals surface area (Å²) in [6.45, 7) is 1.80. The van der Waals surface area contributed by atoms with Gasteiger partial charge in [0.15, 0.2) is 0 Å². The van der Waals surface area contributed by atoms with E-state index < -0.39 is 5.97 Å². The number of rotatable bonds is 4. The second-order valence-corrected chi connectivity index (χ2v) is 5.03. The molecule has 0 fully saturated rings. The summed E-state index contributed by atoms with van der Waals surface area (Å²) in [5, 5.41) is 3.64. The molecule has 1 heterocycles. The van der Waals surface area contributed by atoms with Gasteiger partial charge in [-0.2, -0.15) is 0 Å². The summed E-state index contributed by atoms with van der Waals surface area (Å²) in [5.74, 6) is -0.257. The molecule has 1 aliphatic heterocycles.